The zero-order chi connectivity index (χ0) is 14.6. The lowest BCUT2D eigenvalue weighted by Gasteiger charge is -2.30. The number of nitrogens with zero attached hydrogens (tertiary/aromatic N) is 1. The van der Waals surface area contributed by atoms with Crippen molar-refractivity contribution in [3.8, 4) is 0 Å². The smallest absolute Gasteiger partial charge is 0.305 e. The van der Waals surface area contributed by atoms with Crippen molar-refractivity contribution in [2.45, 2.75) is 26.3 Å². The van der Waals surface area contributed by atoms with Gasteiger partial charge in [-0.05, 0) is 32.0 Å². The van der Waals surface area contributed by atoms with Gasteiger partial charge in [0.25, 0.3) is 5.91 Å². The third kappa shape index (κ3) is 4.13. The molecule has 0 aliphatic carbocycles. The molecule has 1 amide bonds. The summed E-state index contributed by atoms with van der Waals surface area (Å²) < 4.78 is 0. The number of carbonyl (C=O) groups is 2. The van der Waals surface area contributed by atoms with Crippen LogP contribution < -0.4 is 10.6 Å². The van der Waals surface area contributed by atoms with E-state index in [-0.39, 0.29) is 12.5 Å². The zero-order valence-electron chi connectivity index (χ0n) is 10.9. The molecule has 104 valence electrons. The van der Waals surface area contributed by atoms with Gasteiger partial charge in [-0.15, -0.1) is 0 Å². The number of primary amides is 1. The standard InChI is InChI=1S/C13H17ClN2O3/c1-8(2)16(6-5-12(17)18)11-4-3-9(14)7-10(11)13(15)19/h3-4,7-8H,5-6H2,1-2H3,(H2,15,19)(H,17,18). The van der Waals surface area contributed by atoms with Crippen LogP contribution in [0.2, 0.25) is 5.02 Å². The van der Waals surface area contributed by atoms with Crippen LogP contribution in [0, 0.1) is 0 Å². The summed E-state index contributed by atoms with van der Waals surface area (Å²) in [5, 5.41) is 9.19. The Morgan fingerprint density at radius 1 is 1.42 bits per heavy atom. The lowest BCUT2D eigenvalue weighted by Crippen LogP contribution is -2.34. The van der Waals surface area contributed by atoms with E-state index in [4.69, 9.17) is 22.4 Å². The number of benzene rings is 1. The Balaban J connectivity index is 3.14. The van der Waals surface area contributed by atoms with Gasteiger partial charge >= 0.3 is 5.97 Å². The van der Waals surface area contributed by atoms with E-state index in [1.54, 1.807) is 12.1 Å². The van der Waals surface area contributed by atoms with Crippen LogP contribution in [0.25, 0.3) is 0 Å². The Morgan fingerprint density at radius 3 is 2.53 bits per heavy atom. The third-order valence-electron chi connectivity index (χ3n) is 2.72. The van der Waals surface area contributed by atoms with E-state index in [0.29, 0.717) is 22.8 Å². The van der Waals surface area contributed by atoms with E-state index >= 15 is 0 Å². The molecule has 1 aromatic carbocycles. The van der Waals surface area contributed by atoms with Gasteiger partial charge < -0.3 is 15.7 Å². The monoisotopic (exact) mass is 284 g/mol. The van der Waals surface area contributed by atoms with Gasteiger partial charge in [-0.1, -0.05) is 11.6 Å². The molecule has 1 rings (SSSR count). The molecule has 19 heavy (non-hydrogen) atoms. The van der Waals surface area contributed by atoms with Crippen LogP contribution in [0.15, 0.2) is 18.2 Å². The molecule has 0 fully saturated rings. The number of carboxylic acids is 1. The molecule has 6 heteroatoms. The van der Waals surface area contributed by atoms with Crippen molar-refractivity contribution < 1.29 is 14.7 Å². The summed E-state index contributed by atoms with van der Waals surface area (Å²) >= 11 is 5.85. The lowest BCUT2D eigenvalue weighted by molar-refractivity contribution is -0.136. The molecule has 0 saturated heterocycles. The fraction of sp³-hybridized carbons (Fsp3) is 0.385. The first-order valence-electron chi connectivity index (χ1n) is 5.90. The second-order valence-electron chi connectivity index (χ2n) is 4.46. The topological polar surface area (TPSA) is 83.6 Å². The normalized spacial score (nSPS) is 10.5. The van der Waals surface area contributed by atoms with Gasteiger partial charge in [0.05, 0.1) is 12.0 Å². The van der Waals surface area contributed by atoms with Crippen LogP contribution >= 0.6 is 11.6 Å². The van der Waals surface area contributed by atoms with Gasteiger partial charge in [0.15, 0.2) is 0 Å². The molecular formula is C13H17ClN2O3. The molecule has 0 atom stereocenters. The SMILES string of the molecule is CC(C)N(CCC(=O)O)c1ccc(Cl)cc1C(N)=O. The van der Waals surface area contributed by atoms with Crippen molar-refractivity contribution in [2.75, 3.05) is 11.4 Å². The molecule has 0 aliphatic rings. The summed E-state index contributed by atoms with van der Waals surface area (Å²) in [4.78, 5) is 24.0. The van der Waals surface area contributed by atoms with Crippen molar-refractivity contribution in [1.82, 2.24) is 0 Å². The van der Waals surface area contributed by atoms with Crippen LogP contribution in [-0.4, -0.2) is 29.6 Å². The number of rotatable bonds is 6. The average Bonchev–Trinajstić information content (AvgIpc) is 2.29. The van der Waals surface area contributed by atoms with Gasteiger partial charge in [0.1, 0.15) is 0 Å². The van der Waals surface area contributed by atoms with E-state index in [9.17, 15) is 9.59 Å². The van der Waals surface area contributed by atoms with Crippen LogP contribution in [-0.2, 0) is 4.79 Å². The molecular weight excluding hydrogens is 268 g/mol. The second-order valence-corrected chi connectivity index (χ2v) is 4.89. The third-order valence-corrected chi connectivity index (χ3v) is 2.96. The van der Waals surface area contributed by atoms with E-state index in [2.05, 4.69) is 0 Å². The Labute approximate surface area is 117 Å². The van der Waals surface area contributed by atoms with Crippen molar-refractivity contribution in [3.05, 3.63) is 28.8 Å². The minimum absolute atomic E-state index is 0.0149. The van der Waals surface area contributed by atoms with Gasteiger partial charge in [-0.25, -0.2) is 0 Å². The maximum atomic E-state index is 11.5. The summed E-state index contributed by atoms with van der Waals surface area (Å²) in [6, 6.07) is 4.87. The number of carboxylic acid groups (broad SMARTS) is 1. The quantitative estimate of drug-likeness (QED) is 0.838. The van der Waals surface area contributed by atoms with E-state index < -0.39 is 11.9 Å². The molecule has 0 bridgehead atoms. The highest BCUT2D eigenvalue weighted by molar-refractivity contribution is 6.31. The van der Waals surface area contributed by atoms with E-state index in [0.717, 1.165) is 0 Å². The first-order valence-corrected chi connectivity index (χ1v) is 6.28. The predicted molar refractivity (Wildman–Crippen MR) is 74.7 cm³/mol. The number of carbonyl (C=O) groups excluding carboxylic acids is 1. The van der Waals surface area contributed by atoms with Gasteiger partial charge in [-0.2, -0.15) is 0 Å². The Hall–Kier alpha value is -1.75. The second kappa shape index (κ2) is 6.43. The van der Waals surface area contributed by atoms with Gasteiger partial charge in [0, 0.05) is 23.3 Å². The van der Waals surface area contributed by atoms with E-state index in [1.165, 1.54) is 6.07 Å². The number of nitrogens with two attached hydrogens (primary N) is 1. The maximum Gasteiger partial charge on any atom is 0.305 e. The van der Waals surface area contributed by atoms with Gasteiger partial charge in [0.2, 0.25) is 0 Å². The minimum Gasteiger partial charge on any atom is -0.481 e. The number of halogens is 1. The average molecular weight is 285 g/mol. The summed E-state index contributed by atoms with van der Waals surface area (Å²) in [7, 11) is 0. The number of hydrogen-bond donors (Lipinski definition) is 2. The Kier molecular flexibility index (Phi) is 5.18. The number of amides is 1. The first-order chi connectivity index (χ1) is 8.82. The molecule has 0 aliphatic heterocycles. The molecule has 0 aromatic heterocycles. The maximum absolute atomic E-state index is 11.5. The zero-order valence-corrected chi connectivity index (χ0v) is 11.6. The van der Waals surface area contributed by atoms with Crippen molar-refractivity contribution in [2.24, 2.45) is 5.73 Å². The van der Waals surface area contributed by atoms with Crippen molar-refractivity contribution in [1.29, 1.82) is 0 Å². The summed E-state index contributed by atoms with van der Waals surface area (Å²) in [6.45, 7) is 4.14. The summed E-state index contributed by atoms with van der Waals surface area (Å²) in [6.07, 6.45) is -0.0149. The van der Waals surface area contributed by atoms with Crippen LogP contribution in [0.4, 0.5) is 5.69 Å². The van der Waals surface area contributed by atoms with Crippen molar-refractivity contribution in [3.63, 3.8) is 0 Å². The molecule has 0 spiro atoms. The summed E-state index contributed by atoms with van der Waals surface area (Å²) in [5.74, 6) is -1.47. The number of hydrogen-bond acceptors (Lipinski definition) is 3. The Bertz CT molecular complexity index is 489. The fourth-order valence-electron chi connectivity index (χ4n) is 1.83. The fourth-order valence-corrected chi connectivity index (χ4v) is 2.00. The lowest BCUT2D eigenvalue weighted by atomic mass is 10.1. The van der Waals surface area contributed by atoms with Crippen LogP contribution in [0.5, 0.6) is 0 Å². The first kappa shape index (κ1) is 15.3. The molecule has 3 N–H and O–H groups in total. The highest BCUT2D eigenvalue weighted by Crippen LogP contribution is 2.26. The molecule has 0 heterocycles. The number of aliphatic carboxylic acids is 1. The van der Waals surface area contributed by atoms with Gasteiger partial charge in [-0.3, -0.25) is 9.59 Å². The molecule has 5 nitrogen and oxygen atoms in total. The van der Waals surface area contributed by atoms with Crippen LogP contribution in [0.3, 0.4) is 0 Å². The highest BCUT2D eigenvalue weighted by Gasteiger charge is 2.18. The number of anilines is 1. The van der Waals surface area contributed by atoms with Crippen LogP contribution in [0.1, 0.15) is 30.6 Å². The molecule has 1 aromatic rings. The predicted octanol–water partition coefficient (Wildman–Crippen LogP) is 2.13. The molecule has 0 unspecified atom stereocenters. The Morgan fingerprint density at radius 2 is 2.05 bits per heavy atom. The van der Waals surface area contributed by atoms with Crippen molar-refractivity contribution >= 4 is 29.2 Å². The van der Waals surface area contributed by atoms with E-state index in [1.807, 2.05) is 18.7 Å². The minimum atomic E-state index is -0.889. The molecule has 0 saturated carbocycles. The molecule has 0 radical (unpaired) electrons. The summed E-state index contributed by atoms with van der Waals surface area (Å²) in [5.41, 5.74) is 6.24. The largest absolute Gasteiger partial charge is 0.481 e. The highest BCUT2D eigenvalue weighted by atomic mass is 35.5.